The van der Waals surface area contributed by atoms with Gasteiger partial charge in [-0.25, -0.2) is 0 Å². The van der Waals surface area contributed by atoms with Gasteiger partial charge in [0.05, 0.1) is 6.61 Å². The van der Waals surface area contributed by atoms with E-state index in [1.54, 1.807) is 7.11 Å². The van der Waals surface area contributed by atoms with Crippen molar-refractivity contribution in [1.82, 2.24) is 4.90 Å². The summed E-state index contributed by atoms with van der Waals surface area (Å²) in [5.41, 5.74) is 0. The molecule has 0 spiro atoms. The quantitative estimate of drug-likeness (QED) is 0.616. The second-order valence-electron chi connectivity index (χ2n) is 3.66. The van der Waals surface area contributed by atoms with Crippen molar-refractivity contribution in [3.8, 4) is 0 Å². The molecule has 1 unspecified atom stereocenters. The van der Waals surface area contributed by atoms with Crippen LogP contribution < -0.4 is 0 Å². The number of hydrogen-bond donors (Lipinski definition) is 0. The van der Waals surface area contributed by atoms with Gasteiger partial charge in [0.2, 0.25) is 0 Å². The fourth-order valence-corrected chi connectivity index (χ4v) is 2.19. The second kappa shape index (κ2) is 6.63. The fraction of sp³-hybridized carbons (Fsp3) is 1.00. The van der Waals surface area contributed by atoms with Gasteiger partial charge in [0.1, 0.15) is 0 Å². The number of likely N-dealkylation sites (tertiary alicyclic amines) is 1. The second-order valence-corrected chi connectivity index (χ2v) is 4.03. The minimum absolute atomic E-state index is 0.772. The van der Waals surface area contributed by atoms with E-state index < -0.39 is 0 Å². The molecule has 0 amide bonds. The number of nitrogens with zero attached hydrogens (tertiary/aromatic N) is 1. The van der Waals surface area contributed by atoms with Crippen LogP contribution >= 0.6 is 11.6 Å². The van der Waals surface area contributed by atoms with Gasteiger partial charge in [-0.15, -0.1) is 11.6 Å². The highest BCUT2D eigenvalue weighted by molar-refractivity contribution is 6.17. The van der Waals surface area contributed by atoms with E-state index in [4.69, 9.17) is 16.3 Å². The van der Waals surface area contributed by atoms with Crippen molar-refractivity contribution in [2.24, 2.45) is 0 Å². The van der Waals surface area contributed by atoms with Crippen LogP contribution in [0.25, 0.3) is 0 Å². The maximum atomic E-state index is 5.69. The Hall–Kier alpha value is 0.210. The third-order valence-electron chi connectivity index (χ3n) is 2.75. The van der Waals surface area contributed by atoms with Crippen molar-refractivity contribution in [3.05, 3.63) is 0 Å². The molecule has 0 aliphatic carbocycles. The van der Waals surface area contributed by atoms with Gasteiger partial charge in [0.25, 0.3) is 0 Å². The van der Waals surface area contributed by atoms with E-state index in [9.17, 15) is 0 Å². The Bertz CT molecular complexity index is 118. The molecule has 1 aliphatic heterocycles. The van der Waals surface area contributed by atoms with E-state index in [0.717, 1.165) is 31.5 Å². The van der Waals surface area contributed by atoms with Crippen LogP contribution in [0.3, 0.4) is 0 Å². The summed E-state index contributed by atoms with van der Waals surface area (Å²) in [6.07, 6.45) is 5.10. The maximum absolute atomic E-state index is 5.69. The molecule has 3 heteroatoms. The zero-order chi connectivity index (χ0) is 9.52. The lowest BCUT2D eigenvalue weighted by Gasteiger charge is -2.23. The van der Waals surface area contributed by atoms with Crippen LogP contribution in [0.4, 0.5) is 0 Å². The smallest absolute Gasteiger partial charge is 0.0589 e. The van der Waals surface area contributed by atoms with Gasteiger partial charge < -0.3 is 4.74 Å². The number of methoxy groups -OCH3 is 1. The minimum Gasteiger partial charge on any atom is -0.383 e. The first-order valence-electron chi connectivity index (χ1n) is 5.17. The lowest BCUT2D eigenvalue weighted by molar-refractivity contribution is 0.138. The fourth-order valence-electron chi connectivity index (χ4n) is 2.04. The predicted molar refractivity (Wildman–Crippen MR) is 56.4 cm³/mol. The van der Waals surface area contributed by atoms with Crippen molar-refractivity contribution in [2.75, 3.05) is 32.7 Å². The van der Waals surface area contributed by atoms with Gasteiger partial charge >= 0.3 is 0 Å². The number of hydrogen-bond acceptors (Lipinski definition) is 2. The molecular formula is C10H20ClNO. The van der Waals surface area contributed by atoms with Crippen LogP contribution in [0.2, 0.25) is 0 Å². The Balaban J connectivity index is 2.18. The molecule has 2 nitrogen and oxygen atoms in total. The number of alkyl halides is 1. The molecule has 0 aromatic carbocycles. The van der Waals surface area contributed by atoms with Gasteiger partial charge in [0.15, 0.2) is 0 Å². The molecule has 1 heterocycles. The highest BCUT2D eigenvalue weighted by Gasteiger charge is 2.22. The van der Waals surface area contributed by atoms with Gasteiger partial charge in [0, 0.05) is 25.6 Å². The molecule has 0 saturated carbocycles. The molecule has 0 N–H and O–H groups in total. The van der Waals surface area contributed by atoms with Crippen LogP contribution in [-0.2, 0) is 4.74 Å². The van der Waals surface area contributed by atoms with Crippen LogP contribution in [0.15, 0.2) is 0 Å². The largest absolute Gasteiger partial charge is 0.383 e. The highest BCUT2D eigenvalue weighted by Crippen LogP contribution is 2.20. The summed E-state index contributed by atoms with van der Waals surface area (Å²) in [5, 5.41) is 0. The van der Waals surface area contributed by atoms with Crippen molar-refractivity contribution in [1.29, 1.82) is 0 Å². The van der Waals surface area contributed by atoms with Gasteiger partial charge in [-0.1, -0.05) is 0 Å². The highest BCUT2D eigenvalue weighted by atomic mass is 35.5. The first-order valence-corrected chi connectivity index (χ1v) is 5.71. The summed E-state index contributed by atoms with van der Waals surface area (Å²) in [7, 11) is 1.77. The number of ether oxygens (including phenoxy) is 1. The van der Waals surface area contributed by atoms with E-state index in [1.807, 2.05) is 0 Å². The standard InChI is InChI=1S/C10H20ClNO/c1-13-9-8-12-7-3-5-10(12)4-2-6-11/h10H,2-9H2,1H3. The average Bonchev–Trinajstić information content (AvgIpc) is 2.59. The SMILES string of the molecule is COCCN1CCCC1CCCCl. The minimum atomic E-state index is 0.772. The van der Waals surface area contributed by atoms with Gasteiger partial charge in [-0.3, -0.25) is 4.90 Å². The third kappa shape index (κ3) is 3.84. The van der Waals surface area contributed by atoms with E-state index in [0.29, 0.717) is 0 Å². The summed E-state index contributed by atoms with van der Waals surface area (Å²) >= 11 is 5.69. The summed E-state index contributed by atoms with van der Waals surface area (Å²) < 4.78 is 5.09. The summed E-state index contributed by atoms with van der Waals surface area (Å²) in [6.45, 7) is 3.19. The Morgan fingerprint density at radius 3 is 3.08 bits per heavy atom. The summed E-state index contributed by atoms with van der Waals surface area (Å²) in [4.78, 5) is 2.54. The molecular weight excluding hydrogens is 186 g/mol. The van der Waals surface area contributed by atoms with Crippen LogP contribution in [0.5, 0.6) is 0 Å². The zero-order valence-electron chi connectivity index (χ0n) is 8.47. The van der Waals surface area contributed by atoms with Crippen LogP contribution in [0, 0.1) is 0 Å². The molecule has 0 aromatic heterocycles. The topological polar surface area (TPSA) is 12.5 Å². The Labute approximate surface area is 86.2 Å². The third-order valence-corrected chi connectivity index (χ3v) is 3.02. The molecule has 0 aromatic rings. The summed E-state index contributed by atoms with van der Waals surface area (Å²) in [6, 6.07) is 0.772. The Kier molecular flexibility index (Phi) is 5.76. The first-order chi connectivity index (χ1) is 6.38. The lowest BCUT2D eigenvalue weighted by atomic mass is 10.1. The predicted octanol–water partition coefficient (Wildman–Crippen LogP) is 2.12. The maximum Gasteiger partial charge on any atom is 0.0589 e. The molecule has 13 heavy (non-hydrogen) atoms. The first kappa shape index (κ1) is 11.3. The average molecular weight is 206 g/mol. The van der Waals surface area contributed by atoms with Gasteiger partial charge in [-0.05, 0) is 32.2 Å². The van der Waals surface area contributed by atoms with E-state index in [2.05, 4.69) is 4.90 Å². The van der Waals surface area contributed by atoms with Crippen molar-refractivity contribution in [2.45, 2.75) is 31.7 Å². The molecule has 0 bridgehead atoms. The van der Waals surface area contributed by atoms with E-state index in [-0.39, 0.29) is 0 Å². The van der Waals surface area contributed by atoms with Crippen LogP contribution in [-0.4, -0.2) is 43.6 Å². The number of rotatable bonds is 6. The Morgan fingerprint density at radius 1 is 1.54 bits per heavy atom. The van der Waals surface area contributed by atoms with Crippen molar-refractivity contribution >= 4 is 11.6 Å². The molecule has 1 saturated heterocycles. The van der Waals surface area contributed by atoms with Crippen LogP contribution in [0.1, 0.15) is 25.7 Å². The molecule has 1 atom stereocenters. The van der Waals surface area contributed by atoms with Gasteiger partial charge in [-0.2, -0.15) is 0 Å². The molecule has 0 radical (unpaired) electrons. The number of halogens is 1. The van der Waals surface area contributed by atoms with Crippen molar-refractivity contribution in [3.63, 3.8) is 0 Å². The molecule has 1 aliphatic rings. The van der Waals surface area contributed by atoms with E-state index >= 15 is 0 Å². The molecule has 1 rings (SSSR count). The zero-order valence-corrected chi connectivity index (χ0v) is 9.22. The molecule has 78 valence electrons. The normalized spacial score (nSPS) is 24.0. The molecule has 1 fully saturated rings. The van der Waals surface area contributed by atoms with E-state index in [1.165, 1.54) is 25.8 Å². The Morgan fingerprint density at radius 2 is 2.38 bits per heavy atom. The summed E-state index contributed by atoms with van der Waals surface area (Å²) in [5.74, 6) is 0.800. The van der Waals surface area contributed by atoms with Crippen molar-refractivity contribution < 1.29 is 4.74 Å². The lowest BCUT2D eigenvalue weighted by Crippen LogP contribution is -2.32. The monoisotopic (exact) mass is 205 g/mol.